The van der Waals surface area contributed by atoms with Crippen LogP contribution in [0.25, 0.3) is 0 Å². The first-order valence-electron chi connectivity index (χ1n) is 16.7. The number of urea groups is 1. The summed E-state index contributed by atoms with van der Waals surface area (Å²) < 4.78 is 5.48. The van der Waals surface area contributed by atoms with E-state index in [0.717, 1.165) is 26.7 Å². The minimum Gasteiger partial charge on any atom is -0.444 e. The zero-order valence-electron chi connectivity index (χ0n) is 28.4. The van der Waals surface area contributed by atoms with Gasteiger partial charge in [0.05, 0.1) is 33.7 Å². The van der Waals surface area contributed by atoms with Gasteiger partial charge in [-0.05, 0) is 49.1 Å². The average molecular weight is 706 g/mol. The number of hydrogen-bond acceptors (Lipinski definition) is 9. The van der Waals surface area contributed by atoms with Gasteiger partial charge in [-0.2, -0.15) is 0 Å². The van der Waals surface area contributed by atoms with E-state index < -0.39 is 18.2 Å². The number of ketones is 1. The Morgan fingerprint density at radius 1 is 0.918 bits per heavy atom. The van der Waals surface area contributed by atoms with Gasteiger partial charge >= 0.3 is 12.1 Å². The number of ether oxygens (including phenoxy) is 1. The number of aromatic nitrogens is 2. The Morgan fingerprint density at radius 2 is 1.61 bits per heavy atom. The second-order valence-electron chi connectivity index (χ2n) is 12.6. The molecule has 0 spiro atoms. The van der Waals surface area contributed by atoms with Crippen LogP contribution in [0.4, 0.5) is 9.59 Å². The van der Waals surface area contributed by atoms with Crippen LogP contribution in [0.15, 0.2) is 77.8 Å². The fraction of sp³-hybridized carbons (Fsp3) is 0.432. The molecule has 0 aliphatic carbocycles. The van der Waals surface area contributed by atoms with Gasteiger partial charge in [0, 0.05) is 43.6 Å². The van der Waals surface area contributed by atoms with Crippen molar-refractivity contribution in [1.29, 1.82) is 0 Å². The summed E-state index contributed by atoms with van der Waals surface area (Å²) in [6.45, 7) is 4.38. The van der Waals surface area contributed by atoms with Crippen molar-refractivity contribution in [3.63, 3.8) is 0 Å². The van der Waals surface area contributed by atoms with E-state index in [2.05, 4.69) is 34.4 Å². The molecule has 0 radical (unpaired) electrons. The number of benzene rings is 2. The van der Waals surface area contributed by atoms with Crippen LogP contribution in [0.1, 0.15) is 72.2 Å². The highest BCUT2D eigenvalue weighted by Crippen LogP contribution is 2.23. The first-order chi connectivity index (χ1) is 23.7. The summed E-state index contributed by atoms with van der Waals surface area (Å²) in [5.41, 5.74) is 4.68. The molecule has 3 N–H and O–H groups in total. The lowest BCUT2D eigenvalue weighted by Crippen LogP contribution is -2.47. The molecule has 0 aliphatic heterocycles. The molecular weight excluding hydrogens is 659 g/mol. The van der Waals surface area contributed by atoms with E-state index in [0.29, 0.717) is 38.1 Å². The van der Waals surface area contributed by atoms with E-state index in [1.165, 1.54) is 16.2 Å². The largest absolute Gasteiger partial charge is 0.444 e. The quantitative estimate of drug-likeness (QED) is 0.0983. The van der Waals surface area contributed by atoms with E-state index in [1.807, 2.05) is 66.0 Å². The standard InChI is InChI=1S/C37H47N5O5S2/c1-26(2)35-39-31(24-48-35)22-42(3)36(45)41-33(16-17-43)34(44)20-29(18-27-10-6-4-7-11-27)14-15-30(19-28-12-8-5-9-13-28)40-37(46)47-23-32-21-38-25-49-32/h4-13,21,24-26,29-30,33,43H,14-20,22-23H2,1-3H3,(H,40,46)(H,41,45)/t29-,30-,33+/m1/s1. The van der Waals surface area contributed by atoms with Crippen molar-refractivity contribution < 1.29 is 24.2 Å². The van der Waals surface area contributed by atoms with Crippen molar-refractivity contribution in [2.75, 3.05) is 13.7 Å². The minimum absolute atomic E-state index is 0.0662. The molecule has 49 heavy (non-hydrogen) atoms. The molecule has 10 nitrogen and oxygen atoms in total. The number of carbonyl (C=O) groups is 3. The number of nitrogens with one attached hydrogen (secondary N) is 2. The molecule has 2 heterocycles. The van der Waals surface area contributed by atoms with Gasteiger partial charge in [0.2, 0.25) is 0 Å². The zero-order chi connectivity index (χ0) is 35.0. The fourth-order valence-corrected chi connectivity index (χ4v) is 6.88. The molecule has 0 bridgehead atoms. The molecule has 0 fully saturated rings. The van der Waals surface area contributed by atoms with Gasteiger partial charge in [0.1, 0.15) is 6.61 Å². The first kappa shape index (κ1) is 37.7. The number of nitrogens with zero attached hydrogens (tertiary/aromatic N) is 3. The van der Waals surface area contributed by atoms with Gasteiger partial charge in [0.15, 0.2) is 5.78 Å². The third-order valence-electron chi connectivity index (χ3n) is 8.17. The first-order valence-corrected chi connectivity index (χ1v) is 18.4. The minimum atomic E-state index is -0.833. The van der Waals surface area contributed by atoms with Crippen LogP contribution in [0, 0.1) is 5.92 Å². The highest BCUT2D eigenvalue weighted by molar-refractivity contribution is 7.09. The number of Topliss-reactive ketones (excluding diaryl/α,β-unsaturated/α-hetero) is 1. The van der Waals surface area contributed by atoms with Crippen molar-refractivity contribution in [3.05, 3.63) is 104 Å². The van der Waals surface area contributed by atoms with Crippen molar-refractivity contribution in [2.24, 2.45) is 5.92 Å². The van der Waals surface area contributed by atoms with E-state index in [9.17, 15) is 19.5 Å². The molecule has 3 atom stereocenters. The summed E-state index contributed by atoms with van der Waals surface area (Å²) in [7, 11) is 1.67. The van der Waals surface area contributed by atoms with Crippen LogP contribution in [-0.4, -0.2) is 63.6 Å². The number of thiazole rings is 2. The van der Waals surface area contributed by atoms with Crippen LogP contribution >= 0.6 is 22.7 Å². The molecule has 262 valence electrons. The van der Waals surface area contributed by atoms with Crippen molar-refractivity contribution in [2.45, 2.75) is 83.5 Å². The number of carbonyl (C=O) groups excluding carboxylic acids is 3. The summed E-state index contributed by atoms with van der Waals surface area (Å²) in [6.07, 6.45) is 4.03. The molecule has 0 unspecified atom stereocenters. The number of rotatable bonds is 19. The Morgan fingerprint density at radius 3 is 2.22 bits per heavy atom. The Kier molecular flexibility index (Phi) is 15.2. The maximum absolute atomic E-state index is 13.8. The monoisotopic (exact) mass is 705 g/mol. The van der Waals surface area contributed by atoms with Gasteiger partial charge in [-0.3, -0.25) is 9.78 Å². The maximum Gasteiger partial charge on any atom is 0.407 e. The third-order valence-corrected chi connectivity index (χ3v) is 10.1. The molecular formula is C37H47N5O5S2. The van der Waals surface area contributed by atoms with Crippen LogP contribution in [0.3, 0.4) is 0 Å². The Bertz CT molecular complexity index is 1570. The van der Waals surface area contributed by atoms with Crippen LogP contribution < -0.4 is 10.6 Å². The summed E-state index contributed by atoms with van der Waals surface area (Å²) in [5, 5.41) is 18.7. The predicted octanol–water partition coefficient (Wildman–Crippen LogP) is 6.75. The molecule has 0 saturated heterocycles. The molecule has 12 heteroatoms. The van der Waals surface area contributed by atoms with E-state index in [1.54, 1.807) is 30.1 Å². The van der Waals surface area contributed by atoms with E-state index in [4.69, 9.17) is 4.74 Å². The second kappa shape index (κ2) is 19.8. The molecule has 2 aromatic heterocycles. The lowest BCUT2D eigenvalue weighted by Gasteiger charge is -2.25. The second-order valence-corrected chi connectivity index (χ2v) is 14.4. The molecule has 2 aromatic carbocycles. The lowest BCUT2D eigenvalue weighted by molar-refractivity contribution is -0.122. The molecule has 0 saturated carbocycles. The smallest absolute Gasteiger partial charge is 0.407 e. The van der Waals surface area contributed by atoms with Gasteiger partial charge in [0.25, 0.3) is 0 Å². The number of aliphatic hydroxyl groups is 1. The summed E-state index contributed by atoms with van der Waals surface area (Å²) in [5.74, 6) is 0.105. The Labute approximate surface area is 297 Å². The molecule has 4 aromatic rings. The Balaban J connectivity index is 1.42. The lowest BCUT2D eigenvalue weighted by atomic mass is 9.86. The van der Waals surface area contributed by atoms with Crippen molar-refractivity contribution in [3.8, 4) is 0 Å². The Hall–Kier alpha value is -4.13. The van der Waals surface area contributed by atoms with E-state index >= 15 is 0 Å². The SMILES string of the molecule is CC(C)c1nc(CN(C)C(=O)N[C@@H](CCO)C(=O)C[C@H](CC[C@H](Cc2ccccc2)NC(=O)OCc2cncs2)Cc2ccccc2)cs1. The number of hydrogen-bond donors (Lipinski definition) is 3. The summed E-state index contributed by atoms with van der Waals surface area (Å²) in [6, 6.07) is 18.5. The fourth-order valence-electron chi connectivity index (χ4n) is 5.55. The molecule has 3 amide bonds. The highest BCUT2D eigenvalue weighted by atomic mass is 32.1. The zero-order valence-corrected chi connectivity index (χ0v) is 30.1. The summed E-state index contributed by atoms with van der Waals surface area (Å²) >= 11 is 2.99. The van der Waals surface area contributed by atoms with Crippen LogP contribution in [0.2, 0.25) is 0 Å². The van der Waals surface area contributed by atoms with Crippen LogP contribution in [-0.2, 0) is 35.5 Å². The van der Waals surface area contributed by atoms with Crippen LogP contribution in [0.5, 0.6) is 0 Å². The number of alkyl carbamates (subject to hydrolysis) is 1. The summed E-state index contributed by atoms with van der Waals surface area (Å²) in [4.78, 5) is 50.8. The number of aliphatic hydroxyl groups excluding tert-OH is 1. The van der Waals surface area contributed by atoms with Gasteiger partial charge < -0.3 is 25.4 Å². The topological polar surface area (TPSA) is 134 Å². The van der Waals surface area contributed by atoms with Gasteiger partial charge in [-0.15, -0.1) is 22.7 Å². The predicted molar refractivity (Wildman–Crippen MR) is 194 cm³/mol. The van der Waals surface area contributed by atoms with Crippen molar-refractivity contribution >= 4 is 40.6 Å². The maximum atomic E-state index is 13.8. The number of amides is 3. The van der Waals surface area contributed by atoms with E-state index in [-0.39, 0.29) is 43.8 Å². The van der Waals surface area contributed by atoms with Gasteiger partial charge in [-0.1, -0.05) is 74.5 Å². The third kappa shape index (κ3) is 13.0. The molecule has 0 aliphatic rings. The van der Waals surface area contributed by atoms with Gasteiger partial charge in [-0.25, -0.2) is 14.6 Å². The molecule has 4 rings (SSSR count). The highest BCUT2D eigenvalue weighted by Gasteiger charge is 2.26. The average Bonchev–Trinajstić information content (AvgIpc) is 3.80. The van der Waals surface area contributed by atoms with Crippen molar-refractivity contribution in [1.82, 2.24) is 25.5 Å². The normalized spacial score (nSPS) is 13.0.